The summed E-state index contributed by atoms with van der Waals surface area (Å²) in [6.07, 6.45) is 0. The average Bonchev–Trinajstić information content (AvgIpc) is 3.14. The minimum absolute atomic E-state index is 0.0317. The monoisotopic (exact) mass is 353 g/mol. The van der Waals surface area contributed by atoms with Crippen LogP contribution in [-0.4, -0.2) is 29.6 Å². The lowest BCUT2D eigenvalue weighted by molar-refractivity contribution is 0.101. The van der Waals surface area contributed by atoms with Gasteiger partial charge in [-0.2, -0.15) is 0 Å². The summed E-state index contributed by atoms with van der Waals surface area (Å²) in [5, 5.41) is 2.78. The van der Waals surface area contributed by atoms with Crippen LogP contribution in [0.5, 0.6) is 0 Å². The molecule has 1 N–H and O–H groups in total. The van der Waals surface area contributed by atoms with Gasteiger partial charge in [0.1, 0.15) is 11.4 Å². The van der Waals surface area contributed by atoms with Crippen LogP contribution in [0.2, 0.25) is 0 Å². The maximum atomic E-state index is 12.9. The second-order valence-electron chi connectivity index (χ2n) is 5.75. The molecule has 1 aliphatic heterocycles. The van der Waals surface area contributed by atoms with Crippen LogP contribution in [0.25, 0.3) is 11.3 Å². The van der Waals surface area contributed by atoms with Gasteiger partial charge in [-0.1, -0.05) is 48.5 Å². The normalized spacial score (nSPS) is 14.9. The Kier molecular flexibility index (Phi) is 3.65. The number of carbonyl (C=O) groups is 1. The number of sulfone groups is 1. The highest BCUT2D eigenvalue weighted by atomic mass is 32.2. The highest BCUT2D eigenvalue weighted by Crippen LogP contribution is 2.30. The van der Waals surface area contributed by atoms with Gasteiger partial charge in [0.25, 0.3) is 5.91 Å². The average molecular weight is 353 g/mol. The Morgan fingerprint density at radius 1 is 1.00 bits per heavy atom. The van der Waals surface area contributed by atoms with E-state index in [4.69, 9.17) is 0 Å². The summed E-state index contributed by atoms with van der Waals surface area (Å²) in [4.78, 5) is 17.2. The molecule has 0 unspecified atom stereocenters. The van der Waals surface area contributed by atoms with Gasteiger partial charge >= 0.3 is 0 Å². The summed E-state index contributed by atoms with van der Waals surface area (Å²) in [7, 11) is -3.45. The second kappa shape index (κ2) is 5.86. The number of imidazole rings is 1. The first-order valence-electron chi connectivity index (χ1n) is 7.81. The topological polar surface area (TPSA) is 81.1 Å². The molecule has 25 heavy (non-hydrogen) atoms. The van der Waals surface area contributed by atoms with Gasteiger partial charge in [-0.05, 0) is 12.1 Å². The van der Waals surface area contributed by atoms with Crippen molar-refractivity contribution in [1.82, 2.24) is 9.55 Å². The van der Waals surface area contributed by atoms with Crippen molar-refractivity contribution >= 4 is 21.4 Å². The first-order valence-corrected chi connectivity index (χ1v) is 9.46. The van der Waals surface area contributed by atoms with Crippen LogP contribution in [0.1, 0.15) is 10.5 Å². The summed E-state index contributed by atoms with van der Waals surface area (Å²) >= 11 is 0. The van der Waals surface area contributed by atoms with Crippen LogP contribution in [0.15, 0.2) is 65.8 Å². The highest BCUT2D eigenvalue weighted by Gasteiger charge is 2.35. The van der Waals surface area contributed by atoms with Gasteiger partial charge in [-0.15, -0.1) is 0 Å². The number of para-hydroxylation sites is 1. The number of fused-ring (bicyclic) bond motifs is 1. The third-order valence-electron chi connectivity index (χ3n) is 4.09. The van der Waals surface area contributed by atoms with Crippen molar-refractivity contribution < 1.29 is 13.2 Å². The fourth-order valence-electron chi connectivity index (χ4n) is 2.92. The molecule has 0 saturated carbocycles. The summed E-state index contributed by atoms with van der Waals surface area (Å²) in [6, 6.07) is 18.2. The number of amides is 1. The van der Waals surface area contributed by atoms with Crippen molar-refractivity contribution in [2.24, 2.45) is 0 Å². The van der Waals surface area contributed by atoms with Crippen molar-refractivity contribution in [2.75, 3.05) is 11.1 Å². The van der Waals surface area contributed by atoms with Crippen LogP contribution in [0.4, 0.5) is 5.69 Å². The minimum atomic E-state index is -3.45. The van der Waals surface area contributed by atoms with Crippen LogP contribution in [0.3, 0.4) is 0 Å². The molecular weight excluding hydrogens is 338 g/mol. The van der Waals surface area contributed by atoms with Crippen molar-refractivity contribution in [3.05, 3.63) is 66.4 Å². The maximum Gasteiger partial charge on any atom is 0.274 e. The molecule has 3 aromatic rings. The van der Waals surface area contributed by atoms with E-state index in [2.05, 4.69) is 10.3 Å². The number of carbonyl (C=O) groups excluding carboxylic acids is 1. The minimum Gasteiger partial charge on any atom is -0.321 e. The molecule has 0 fully saturated rings. The lowest BCUT2D eigenvalue weighted by Gasteiger charge is -2.09. The number of hydrogen-bond donors (Lipinski definition) is 1. The molecule has 2 heterocycles. The zero-order valence-electron chi connectivity index (χ0n) is 13.2. The highest BCUT2D eigenvalue weighted by molar-refractivity contribution is 7.91. The smallest absolute Gasteiger partial charge is 0.274 e. The quantitative estimate of drug-likeness (QED) is 0.785. The van der Waals surface area contributed by atoms with Crippen LogP contribution >= 0.6 is 0 Å². The van der Waals surface area contributed by atoms with E-state index >= 15 is 0 Å². The molecule has 0 saturated heterocycles. The number of benzene rings is 2. The van der Waals surface area contributed by atoms with E-state index in [0.717, 1.165) is 0 Å². The van der Waals surface area contributed by atoms with Crippen LogP contribution in [0, 0.1) is 0 Å². The van der Waals surface area contributed by atoms with Gasteiger partial charge in [-0.3, -0.25) is 4.79 Å². The van der Waals surface area contributed by atoms with Gasteiger partial charge in [0.2, 0.25) is 15.0 Å². The Labute approximate surface area is 145 Å². The molecule has 4 rings (SSSR count). The van der Waals surface area contributed by atoms with Crippen molar-refractivity contribution in [1.29, 1.82) is 0 Å². The van der Waals surface area contributed by atoms with E-state index in [1.54, 1.807) is 12.1 Å². The Hall–Kier alpha value is -2.93. The molecule has 0 radical (unpaired) electrons. The summed E-state index contributed by atoms with van der Waals surface area (Å²) in [5.74, 6) is -0.406. The lowest BCUT2D eigenvalue weighted by Crippen LogP contribution is -2.17. The van der Waals surface area contributed by atoms with E-state index < -0.39 is 9.84 Å². The zero-order chi connectivity index (χ0) is 17.4. The van der Waals surface area contributed by atoms with Gasteiger partial charge in [0, 0.05) is 17.8 Å². The van der Waals surface area contributed by atoms with Gasteiger partial charge in [0.05, 0.1) is 5.75 Å². The molecule has 0 atom stereocenters. The molecule has 6 nitrogen and oxygen atoms in total. The molecule has 126 valence electrons. The molecule has 1 amide bonds. The first-order chi connectivity index (χ1) is 12.1. The van der Waals surface area contributed by atoms with E-state index in [-0.39, 0.29) is 29.1 Å². The van der Waals surface area contributed by atoms with Gasteiger partial charge in [0.15, 0.2) is 0 Å². The second-order valence-corrected chi connectivity index (χ2v) is 7.75. The largest absolute Gasteiger partial charge is 0.321 e. The number of aromatic nitrogens is 2. The van der Waals surface area contributed by atoms with E-state index in [1.807, 2.05) is 48.5 Å². The fraction of sp³-hybridized carbons (Fsp3) is 0.111. The zero-order valence-corrected chi connectivity index (χ0v) is 14.0. The SMILES string of the molecule is O=C(Nc1ccccc1)c1c(-c2ccccc2)nc2n1CCS2(=O)=O. The third kappa shape index (κ3) is 2.72. The number of anilines is 1. The van der Waals surface area contributed by atoms with Gasteiger partial charge < -0.3 is 9.88 Å². The Morgan fingerprint density at radius 3 is 2.32 bits per heavy atom. The first kappa shape index (κ1) is 15.6. The maximum absolute atomic E-state index is 12.9. The van der Waals surface area contributed by atoms with Crippen LogP contribution < -0.4 is 5.32 Å². The third-order valence-corrected chi connectivity index (χ3v) is 5.68. The summed E-state index contributed by atoms with van der Waals surface area (Å²) < 4.78 is 25.9. The molecule has 0 spiro atoms. The van der Waals surface area contributed by atoms with Crippen molar-refractivity contribution in [3.8, 4) is 11.3 Å². The fourth-order valence-corrected chi connectivity index (χ4v) is 4.27. The molecule has 1 aromatic heterocycles. The predicted molar refractivity (Wildman–Crippen MR) is 94.1 cm³/mol. The number of rotatable bonds is 3. The molecule has 0 aliphatic carbocycles. The molecule has 0 bridgehead atoms. The van der Waals surface area contributed by atoms with Gasteiger partial charge in [-0.25, -0.2) is 13.4 Å². The number of nitrogens with zero attached hydrogens (tertiary/aromatic N) is 2. The molecule has 7 heteroatoms. The van der Waals surface area contributed by atoms with Crippen molar-refractivity contribution in [2.45, 2.75) is 11.7 Å². The Bertz CT molecular complexity index is 1040. The predicted octanol–water partition coefficient (Wildman–Crippen LogP) is 2.59. The number of hydrogen-bond acceptors (Lipinski definition) is 4. The summed E-state index contributed by atoms with van der Waals surface area (Å²) in [6.45, 7) is 0.231. The Morgan fingerprint density at radius 2 is 1.64 bits per heavy atom. The van der Waals surface area contributed by atoms with Crippen molar-refractivity contribution in [3.63, 3.8) is 0 Å². The van der Waals surface area contributed by atoms with Crippen LogP contribution in [-0.2, 0) is 16.4 Å². The standard InChI is InChI=1S/C18H15N3O3S/c22-17(19-14-9-5-2-6-10-14)16-15(13-7-3-1-4-8-13)20-18-21(16)11-12-25(18,23)24/h1-10H,11-12H2,(H,19,22). The van der Waals surface area contributed by atoms with E-state index in [0.29, 0.717) is 16.9 Å². The summed E-state index contributed by atoms with van der Waals surface area (Å²) in [5.41, 5.74) is 2.00. The molecule has 1 aliphatic rings. The Balaban J connectivity index is 1.84. The number of nitrogens with one attached hydrogen (secondary N) is 1. The molecular formula is C18H15N3O3S. The lowest BCUT2D eigenvalue weighted by atomic mass is 10.1. The van der Waals surface area contributed by atoms with E-state index in [9.17, 15) is 13.2 Å². The van der Waals surface area contributed by atoms with E-state index in [1.165, 1.54) is 4.57 Å². The molecule has 2 aromatic carbocycles.